The first-order valence-electron chi connectivity index (χ1n) is 9.90. The van der Waals surface area contributed by atoms with Crippen LogP contribution in [0.2, 0.25) is 0 Å². The summed E-state index contributed by atoms with van der Waals surface area (Å²) in [6.45, 7) is 1.00. The van der Waals surface area contributed by atoms with E-state index in [1.807, 2.05) is 4.90 Å². The van der Waals surface area contributed by atoms with Gasteiger partial charge in [0.25, 0.3) is 0 Å². The molecule has 0 aromatic heterocycles. The predicted octanol–water partition coefficient (Wildman–Crippen LogP) is 1.97. The molecule has 2 aliphatic heterocycles. The van der Waals surface area contributed by atoms with Gasteiger partial charge in [0.05, 0.1) is 10.3 Å². The topological polar surface area (TPSA) is 78.0 Å². The number of likely N-dealkylation sites (tertiary alicyclic amines) is 1. The summed E-state index contributed by atoms with van der Waals surface area (Å²) in [4.78, 5) is 29.3. The molecule has 3 aliphatic rings. The van der Waals surface area contributed by atoms with Gasteiger partial charge in [0.15, 0.2) is 0 Å². The molecule has 1 saturated heterocycles. The summed E-state index contributed by atoms with van der Waals surface area (Å²) >= 11 is 0. The van der Waals surface area contributed by atoms with E-state index in [-0.39, 0.29) is 23.4 Å². The molecule has 28 heavy (non-hydrogen) atoms. The Labute approximate surface area is 166 Å². The lowest BCUT2D eigenvalue weighted by molar-refractivity contribution is -0.141. The molecule has 1 saturated carbocycles. The van der Waals surface area contributed by atoms with Gasteiger partial charge in [0.2, 0.25) is 21.8 Å². The van der Waals surface area contributed by atoms with E-state index in [9.17, 15) is 18.0 Å². The first kappa shape index (κ1) is 19.4. The summed E-state index contributed by atoms with van der Waals surface area (Å²) in [6.07, 6.45) is 5.65. The maximum Gasteiger partial charge on any atom is 0.242 e. The van der Waals surface area contributed by atoms with E-state index in [2.05, 4.69) is 0 Å². The van der Waals surface area contributed by atoms with Crippen LogP contribution in [0.5, 0.6) is 0 Å². The molecule has 2 fully saturated rings. The van der Waals surface area contributed by atoms with Gasteiger partial charge in [0, 0.05) is 32.7 Å². The van der Waals surface area contributed by atoms with E-state index in [4.69, 9.17) is 0 Å². The molecule has 1 spiro atoms. The minimum absolute atomic E-state index is 0.0195. The zero-order valence-electron chi connectivity index (χ0n) is 16.5. The van der Waals surface area contributed by atoms with Gasteiger partial charge in [-0.25, -0.2) is 12.7 Å². The molecule has 0 N–H and O–H groups in total. The summed E-state index contributed by atoms with van der Waals surface area (Å²) in [5.41, 5.74) is 1.40. The van der Waals surface area contributed by atoms with Gasteiger partial charge in [-0.2, -0.15) is 0 Å². The van der Waals surface area contributed by atoms with E-state index < -0.39 is 15.4 Å². The van der Waals surface area contributed by atoms with Crippen LogP contribution in [0.1, 0.15) is 44.1 Å². The van der Waals surface area contributed by atoms with Crippen LogP contribution >= 0.6 is 0 Å². The predicted molar refractivity (Wildman–Crippen MR) is 105 cm³/mol. The van der Waals surface area contributed by atoms with Gasteiger partial charge < -0.3 is 4.90 Å². The maximum absolute atomic E-state index is 13.0. The highest BCUT2D eigenvalue weighted by molar-refractivity contribution is 7.89. The number of fused-ring (bicyclic) bond motifs is 1. The highest BCUT2D eigenvalue weighted by atomic mass is 32.2. The summed E-state index contributed by atoms with van der Waals surface area (Å²) < 4.78 is 26.1. The second-order valence-corrected chi connectivity index (χ2v) is 10.5. The minimum Gasteiger partial charge on any atom is -0.353 e. The number of amides is 2. The third-order valence-electron chi connectivity index (χ3n) is 6.41. The quantitative estimate of drug-likeness (QED) is 0.716. The van der Waals surface area contributed by atoms with Crippen molar-refractivity contribution in [2.75, 3.05) is 32.2 Å². The van der Waals surface area contributed by atoms with Crippen LogP contribution in [0.3, 0.4) is 0 Å². The van der Waals surface area contributed by atoms with Crippen LogP contribution in [-0.2, 0) is 26.0 Å². The molecule has 0 bridgehead atoms. The average molecular weight is 406 g/mol. The van der Waals surface area contributed by atoms with Gasteiger partial charge >= 0.3 is 0 Å². The molecular weight excluding hydrogens is 378 g/mol. The monoisotopic (exact) mass is 405 g/mol. The standard InChI is InChI=1S/C20H27N3O4S/c1-21(2)28(26,27)16-7-8-17-15(12-16)6-5-11-22(17)14-23-18(24)13-20(19(23)25)9-3-4-10-20/h7-8,12H,3-6,9-11,13-14H2,1-2H3. The number of hydrogen-bond donors (Lipinski definition) is 0. The van der Waals surface area contributed by atoms with Crippen molar-refractivity contribution in [1.82, 2.24) is 9.21 Å². The van der Waals surface area contributed by atoms with Crippen molar-refractivity contribution in [3.8, 4) is 0 Å². The van der Waals surface area contributed by atoms with E-state index in [1.54, 1.807) is 18.2 Å². The molecule has 152 valence electrons. The molecule has 2 heterocycles. The largest absolute Gasteiger partial charge is 0.353 e. The van der Waals surface area contributed by atoms with Crippen molar-refractivity contribution >= 4 is 27.5 Å². The van der Waals surface area contributed by atoms with E-state index >= 15 is 0 Å². The Morgan fingerprint density at radius 1 is 1.11 bits per heavy atom. The molecule has 0 unspecified atom stereocenters. The fraction of sp³-hybridized carbons (Fsp3) is 0.600. The van der Waals surface area contributed by atoms with Crippen molar-refractivity contribution in [3.63, 3.8) is 0 Å². The van der Waals surface area contributed by atoms with Crippen molar-refractivity contribution in [2.24, 2.45) is 5.41 Å². The Balaban J connectivity index is 1.59. The summed E-state index contributed by atoms with van der Waals surface area (Å²) in [6, 6.07) is 5.14. The van der Waals surface area contributed by atoms with E-state index in [0.29, 0.717) is 6.42 Å². The number of aryl methyl sites for hydroxylation is 1. The first-order chi connectivity index (χ1) is 13.2. The number of nitrogens with zero attached hydrogens (tertiary/aromatic N) is 3. The minimum atomic E-state index is -3.49. The SMILES string of the molecule is CN(C)S(=O)(=O)c1ccc2c(c1)CCCN2CN1C(=O)CC2(CCCC2)C1=O. The van der Waals surface area contributed by atoms with Crippen LogP contribution in [-0.4, -0.2) is 56.7 Å². The smallest absolute Gasteiger partial charge is 0.242 e. The first-order valence-corrected chi connectivity index (χ1v) is 11.3. The van der Waals surface area contributed by atoms with Gasteiger partial charge in [-0.3, -0.25) is 14.5 Å². The normalized spacial score (nSPS) is 21.8. The van der Waals surface area contributed by atoms with Crippen molar-refractivity contribution < 1.29 is 18.0 Å². The molecule has 8 heteroatoms. The lowest BCUT2D eigenvalue weighted by Crippen LogP contribution is -2.44. The van der Waals surface area contributed by atoms with Crippen molar-refractivity contribution in [3.05, 3.63) is 23.8 Å². The van der Waals surface area contributed by atoms with Crippen molar-refractivity contribution in [1.29, 1.82) is 0 Å². The Kier molecular flexibility index (Phi) is 4.74. The zero-order chi connectivity index (χ0) is 20.1. The Bertz CT molecular complexity index is 919. The highest BCUT2D eigenvalue weighted by Gasteiger charge is 2.52. The summed E-state index contributed by atoms with van der Waals surface area (Å²) in [5.74, 6) is -0.0974. The summed E-state index contributed by atoms with van der Waals surface area (Å²) in [7, 11) is -0.450. The Morgan fingerprint density at radius 3 is 2.50 bits per heavy atom. The fourth-order valence-corrected chi connectivity index (χ4v) is 5.74. The second kappa shape index (κ2) is 6.84. The fourth-order valence-electron chi connectivity index (χ4n) is 4.79. The van der Waals surface area contributed by atoms with Gasteiger partial charge in [-0.15, -0.1) is 0 Å². The van der Waals surface area contributed by atoms with E-state index in [0.717, 1.165) is 56.3 Å². The number of benzene rings is 1. The summed E-state index contributed by atoms with van der Waals surface area (Å²) in [5, 5.41) is 0. The molecule has 1 aliphatic carbocycles. The third-order valence-corrected chi connectivity index (χ3v) is 8.22. The van der Waals surface area contributed by atoms with Crippen LogP contribution in [0.4, 0.5) is 5.69 Å². The van der Waals surface area contributed by atoms with E-state index in [1.165, 1.54) is 23.3 Å². The number of rotatable bonds is 4. The van der Waals surface area contributed by atoms with Crippen LogP contribution in [0.15, 0.2) is 23.1 Å². The van der Waals surface area contributed by atoms with Crippen LogP contribution < -0.4 is 4.90 Å². The lowest BCUT2D eigenvalue weighted by atomic mass is 9.85. The number of sulfonamides is 1. The molecule has 1 aromatic rings. The molecule has 1 aromatic carbocycles. The molecule has 4 rings (SSSR count). The lowest BCUT2D eigenvalue weighted by Gasteiger charge is -2.34. The van der Waals surface area contributed by atoms with Gasteiger partial charge in [-0.1, -0.05) is 12.8 Å². The number of anilines is 1. The van der Waals surface area contributed by atoms with Gasteiger partial charge in [0.1, 0.15) is 6.67 Å². The third kappa shape index (κ3) is 3.03. The molecule has 7 nitrogen and oxygen atoms in total. The second-order valence-electron chi connectivity index (χ2n) is 8.38. The van der Waals surface area contributed by atoms with Crippen LogP contribution in [0, 0.1) is 5.41 Å². The zero-order valence-corrected chi connectivity index (χ0v) is 17.3. The van der Waals surface area contributed by atoms with Crippen molar-refractivity contribution in [2.45, 2.75) is 49.8 Å². The molecule has 0 radical (unpaired) electrons. The molecule has 0 atom stereocenters. The Morgan fingerprint density at radius 2 is 1.82 bits per heavy atom. The number of carbonyl (C=O) groups excluding carboxylic acids is 2. The van der Waals surface area contributed by atoms with Gasteiger partial charge in [-0.05, 0) is 49.4 Å². The van der Waals surface area contributed by atoms with Crippen LogP contribution in [0.25, 0.3) is 0 Å². The Hall–Kier alpha value is -1.93. The number of hydrogen-bond acceptors (Lipinski definition) is 5. The molecular formula is C20H27N3O4S. The highest BCUT2D eigenvalue weighted by Crippen LogP contribution is 2.47. The number of imide groups is 1. The number of carbonyl (C=O) groups is 2. The molecule has 2 amide bonds. The average Bonchev–Trinajstić information content (AvgIpc) is 3.22. The maximum atomic E-state index is 13.0.